The summed E-state index contributed by atoms with van der Waals surface area (Å²) in [4.78, 5) is 14.7. The number of carbonyl (C=O) groups is 1. The second kappa shape index (κ2) is 7.20. The van der Waals surface area contributed by atoms with Gasteiger partial charge in [0.25, 0.3) is 0 Å². The molecular formula is C17H22Cl2N2O. The molecule has 2 atom stereocenters. The number of rotatable bonds is 3. The van der Waals surface area contributed by atoms with Gasteiger partial charge in [-0.2, -0.15) is 0 Å². The van der Waals surface area contributed by atoms with Gasteiger partial charge in [0, 0.05) is 11.1 Å². The lowest BCUT2D eigenvalue weighted by molar-refractivity contribution is -0.118. The van der Waals surface area contributed by atoms with E-state index in [9.17, 15) is 4.79 Å². The lowest BCUT2D eigenvalue weighted by Crippen LogP contribution is -2.49. The van der Waals surface area contributed by atoms with Crippen molar-refractivity contribution in [3.63, 3.8) is 0 Å². The van der Waals surface area contributed by atoms with Gasteiger partial charge < -0.3 is 5.32 Å². The molecule has 0 unspecified atom stereocenters. The van der Waals surface area contributed by atoms with E-state index < -0.39 is 0 Å². The summed E-state index contributed by atoms with van der Waals surface area (Å²) in [5, 5.41) is 3.96. The predicted octanol–water partition coefficient (Wildman–Crippen LogP) is 4.59. The molecule has 1 aromatic rings. The van der Waals surface area contributed by atoms with Crippen molar-refractivity contribution >= 4 is 34.8 Å². The van der Waals surface area contributed by atoms with Crippen molar-refractivity contribution in [2.45, 2.75) is 44.6 Å². The Morgan fingerprint density at radius 1 is 1.18 bits per heavy atom. The zero-order chi connectivity index (χ0) is 15.5. The summed E-state index contributed by atoms with van der Waals surface area (Å²) in [5.74, 6) is 0.796. The zero-order valence-corrected chi connectivity index (χ0v) is 14.2. The number of amides is 1. The first-order chi connectivity index (χ1) is 10.6. The minimum absolute atomic E-state index is 0.00967. The number of hydrogen-bond acceptors (Lipinski definition) is 2. The summed E-state index contributed by atoms with van der Waals surface area (Å²) in [6.45, 7) is 1.49. The second-order valence-electron chi connectivity index (χ2n) is 6.40. The van der Waals surface area contributed by atoms with Crippen LogP contribution in [-0.4, -0.2) is 29.9 Å². The van der Waals surface area contributed by atoms with Gasteiger partial charge in [-0.05, 0) is 56.3 Å². The average Bonchev–Trinajstić information content (AvgIpc) is 2.50. The Morgan fingerprint density at radius 3 is 2.77 bits per heavy atom. The van der Waals surface area contributed by atoms with Crippen LogP contribution in [0.3, 0.4) is 0 Å². The third kappa shape index (κ3) is 3.76. The number of hydrogen-bond donors (Lipinski definition) is 1. The van der Waals surface area contributed by atoms with Crippen LogP contribution in [0.15, 0.2) is 18.2 Å². The molecule has 1 saturated heterocycles. The summed E-state index contributed by atoms with van der Waals surface area (Å²) in [5.41, 5.74) is 0.633. The molecule has 1 heterocycles. The van der Waals surface area contributed by atoms with Crippen molar-refractivity contribution in [1.82, 2.24) is 4.90 Å². The summed E-state index contributed by atoms with van der Waals surface area (Å²) in [6, 6.07) is 5.73. The molecule has 1 saturated carbocycles. The van der Waals surface area contributed by atoms with E-state index in [0.717, 1.165) is 12.5 Å². The molecule has 22 heavy (non-hydrogen) atoms. The molecular weight excluding hydrogens is 319 g/mol. The average molecular weight is 341 g/mol. The number of halogens is 2. The van der Waals surface area contributed by atoms with Crippen LogP contribution in [0, 0.1) is 5.92 Å². The molecule has 2 aliphatic rings. The number of anilines is 1. The number of likely N-dealkylation sites (tertiary alicyclic amines) is 1. The van der Waals surface area contributed by atoms with Gasteiger partial charge in [0.15, 0.2) is 0 Å². The van der Waals surface area contributed by atoms with Crippen LogP contribution < -0.4 is 5.32 Å². The van der Waals surface area contributed by atoms with E-state index in [4.69, 9.17) is 23.2 Å². The zero-order valence-electron chi connectivity index (χ0n) is 12.7. The van der Waals surface area contributed by atoms with E-state index in [-0.39, 0.29) is 5.91 Å². The highest BCUT2D eigenvalue weighted by molar-refractivity contribution is 6.36. The third-order valence-corrected chi connectivity index (χ3v) is 5.46. The first kappa shape index (κ1) is 16.1. The third-order valence-electron chi connectivity index (χ3n) is 4.91. The fourth-order valence-corrected chi connectivity index (χ4v) is 4.35. The SMILES string of the molecule is O=C(CN1CCC[C@H]2CCCC[C@@H]21)Nc1ccc(Cl)cc1Cl. The van der Waals surface area contributed by atoms with Gasteiger partial charge in [0.05, 0.1) is 17.3 Å². The van der Waals surface area contributed by atoms with Crippen LogP contribution in [0.2, 0.25) is 10.0 Å². The molecule has 0 radical (unpaired) electrons. The standard InChI is InChI=1S/C17H22Cl2N2O/c18-13-7-8-15(14(19)10-13)20-17(22)11-21-9-3-5-12-4-1-2-6-16(12)21/h7-8,10,12,16H,1-6,9,11H2,(H,20,22)/t12-,16+/m1/s1. The summed E-state index contributed by atoms with van der Waals surface area (Å²) in [6.07, 6.45) is 7.73. The van der Waals surface area contributed by atoms with E-state index in [0.29, 0.717) is 28.3 Å². The van der Waals surface area contributed by atoms with Gasteiger partial charge in [-0.1, -0.05) is 36.0 Å². The number of fused-ring (bicyclic) bond motifs is 1. The Balaban J connectivity index is 1.61. The molecule has 120 valence electrons. The van der Waals surface area contributed by atoms with Crippen LogP contribution in [0.1, 0.15) is 38.5 Å². The molecule has 3 rings (SSSR count). The van der Waals surface area contributed by atoms with E-state index in [1.807, 2.05) is 0 Å². The van der Waals surface area contributed by atoms with Crippen LogP contribution in [0.25, 0.3) is 0 Å². The normalized spacial score (nSPS) is 25.5. The highest BCUT2D eigenvalue weighted by Crippen LogP contribution is 2.35. The van der Waals surface area contributed by atoms with Gasteiger partial charge in [0.2, 0.25) is 5.91 Å². The van der Waals surface area contributed by atoms with Crippen molar-refractivity contribution in [2.24, 2.45) is 5.92 Å². The Bertz CT molecular complexity index is 547. The van der Waals surface area contributed by atoms with Gasteiger partial charge in [0.1, 0.15) is 0 Å². The Hall–Kier alpha value is -0.770. The number of carbonyl (C=O) groups excluding carboxylic acids is 1. The summed E-state index contributed by atoms with van der Waals surface area (Å²) < 4.78 is 0. The Morgan fingerprint density at radius 2 is 1.95 bits per heavy atom. The van der Waals surface area contributed by atoms with Gasteiger partial charge in [-0.25, -0.2) is 0 Å². The molecule has 1 amide bonds. The largest absolute Gasteiger partial charge is 0.324 e. The van der Waals surface area contributed by atoms with Crippen molar-refractivity contribution in [3.8, 4) is 0 Å². The molecule has 1 aromatic carbocycles. The molecule has 0 bridgehead atoms. The molecule has 2 fully saturated rings. The molecule has 1 N–H and O–H groups in total. The minimum atomic E-state index is 0.00967. The fourth-order valence-electron chi connectivity index (χ4n) is 3.89. The van der Waals surface area contributed by atoms with E-state index >= 15 is 0 Å². The first-order valence-electron chi connectivity index (χ1n) is 8.12. The van der Waals surface area contributed by atoms with Gasteiger partial charge in [-0.15, -0.1) is 0 Å². The minimum Gasteiger partial charge on any atom is -0.324 e. The van der Waals surface area contributed by atoms with Gasteiger partial charge >= 0.3 is 0 Å². The molecule has 1 aliphatic heterocycles. The number of nitrogens with one attached hydrogen (secondary N) is 1. The van der Waals surface area contributed by atoms with Crippen molar-refractivity contribution in [3.05, 3.63) is 28.2 Å². The second-order valence-corrected chi connectivity index (χ2v) is 7.24. The molecule has 1 aliphatic carbocycles. The summed E-state index contributed by atoms with van der Waals surface area (Å²) >= 11 is 12.0. The number of nitrogens with zero attached hydrogens (tertiary/aromatic N) is 1. The molecule has 0 spiro atoms. The number of piperidine rings is 1. The quantitative estimate of drug-likeness (QED) is 0.872. The van der Waals surface area contributed by atoms with E-state index in [2.05, 4.69) is 10.2 Å². The highest BCUT2D eigenvalue weighted by atomic mass is 35.5. The van der Waals surface area contributed by atoms with E-state index in [1.54, 1.807) is 18.2 Å². The molecule has 3 nitrogen and oxygen atoms in total. The van der Waals surface area contributed by atoms with Gasteiger partial charge in [-0.3, -0.25) is 9.69 Å². The van der Waals surface area contributed by atoms with Crippen LogP contribution >= 0.6 is 23.2 Å². The summed E-state index contributed by atoms with van der Waals surface area (Å²) in [7, 11) is 0. The lowest BCUT2D eigenvalue weighted by Gasteiger charge is -2.43. The smallest absolute Gasteiger partial charge is 0.238 e. The van der Waals surface area contributed by atoms with Crippen molar-refractivity contribution in [2.75, 3.05) is 18.4 Å². The van der Waals surface area contributed by atoms with Crippen LogP contribution in [0.4, 0.5) is 5.69 Å². The van der Waals surface area contributed by atoms with Crippen LogP contribution in [-0.2, 0) is 4.79 Å². The monoisotopic (exact) mass is 340 g/mol. The lowest BCUT2D eigenvalue weighted by atomic mass is 9.78. The molecule has 5 heteroatoms. The Kier molecular flexibility index (Phi) is 5.27. The fraction of sp³-hybridized carbons (Fsp3) is 0.588. The predicted molar refractivity (Wildman–Crippen MR) is 91.6 cm³/mol. The maximum absolute atomic E-state index is 12.3. The maximum atomic E-state index is 12.3. The van der Waals surface area contributed by atoms with Crippen molar-refractivity contribution < 1.29 is 4.79 Å². The Labute approximate surface area is 142 Å². The topological polar surface area (TPSA) is 32.3 Å². The van der Waals surface area contributed by atoms with Crippen molar-refractivity contribution in [1.29, 1.82) is 0 Å². The highest BCUT2D eigenvalue weighted by Gasteiger charge is 2.33. The van der Waals surface area contributed by atoms with Crippen LogP contribution in [0.5, 0.6) is 0 Å². The maximum Gasteiger partial charge on any atom is 0.238 e. The molecule has 0 aromatic heterocycles. The first-order valence-corrected chi connectivity index (χ1v) is 8.88. The number of benzene rings is 1. The van der Waals surface area contributed by atoms with E-state index in [1.165, 1.54) is 38.5 Å².